The molecule has 1 N–H and O–H groups in total. The Balaban J connectivity index is 1.61. The molecule has 3 rings (SSSR count). The lowest BCUT2D eigenvalue weighted by molar-refractivity contribution is -0.150. The number of piperidine rings is 1. The summed E-state index contributed by atoms with van der Waals surface area (Å²) in [6, 6.07) is 5.04. The van der Waals surface area contributed by atoms with E-state index in [-0.39, 0.29) is 18.1 Å². The van der Waals surface area contributed by atoms with E-state index in [1.807, 2.05) is 19.0 Å². The molecule has 154 valence electrons. The molecule has 0 radical (unpaired) electrons. The molecular formula is C20H29N3O5. The van der Waals surface area contributed by atoms with Crippen LogP contribution in [0.1, 0.15) is 19.3 Å². The minimum absolute atomic E-state index is 0.0658. The third-order valence-electron chi connectivity index (χ3n) is 5.55. The van der Waals surface area contributed by atoms with E-state index in [0.717, 1.165) is 13.0 Å². The number of hydrogen-bond donors (Lipinski definition) is 1. The van der Waals surface area contributed by atoms with Crippen LogP contribution in [0.3, 0.4) is 0 Å². The zero-order chi connectivity index (χ0) is 20.3. The van der Waals surface area contributed by atoms with Crippen LogP contribution in [0, 0.1) is 5.41 Å². The van der Waals surface area contributed by atoms with E-state index in [1.54, 1.807) is 37.3 Å². The molecule has 1 spiro atoms. The number of benzene rings is 1. The molecule has 0 aromatic heterocycles. The second-order valence-electron chi connectivity index (χ2n) is 7.76. The Morgan fingerprint density at radius 2 is 2.00 bits per heavy atom. The van der Waals surface area contributed by atoms with Gasteiger partial charge in [-0.2, -0.15) is 0 Å². The molecule has 1 atom stereocenters. The number of likely N-dealkylation sites (tertiary alicyclic amines) is 1. The molecular weight excluding hydrogens is 362 g/mol. The standard InChI is InChI=1S/C20H29N3O5/c1-22(2)13-15-12-20(18(24)28-15)7-9-23(10-8-20)19(25)21-16-11-14(26-3)5-6-17(16)27-4/h5-6,11,15H,7-10,12-13H2,1-4H3,(H,21,25). The molecule has 2 aliphatic rings. The monoisotopic (exact) mass is 391 g/mol. The lowest BCUT2D eigenvalue weighted by Crippen LogP contribution is -2.46. The third-order valence-corrected chi connectivity index (χ3v) is 5.55. The number of urea groups is 1. The summed E-state index contributed by atoms with van der Waals surface area (Å²) in [6.45, 7) is 1.76. The fourth-order valence-corrected chi connectivity index (χ4v) is 4.00. The Hall–Kier alpha value is -2.48. The van der Waals surface area contributed by atoms with Crippen LogP contribution in [0.15, 0.2) is 18.2 Å². The number of likely N-dealkylation sites (N-methyl/N-ethyl adjacent to an activating group) is 1. The summed E-state index contributed by atoms with van der Waals surface area (Å²) in [5, 5.41) is 2.89. The highest BCUT2D eigenvalue weighted by Crippen LogP contribution is 2.43. The molecule has 0 aliphatic carbocycles. The van der Waals surface area contributed by atoms with Gasteiger partial charge >= 0.3 is 12.0 Å². The van der Waals surface area contributed by atoms with Gasteiger partial charge in [0.2, 0.25) is 0 Å². The molecule has 2 aliphatic heterocycles. The Bertz CT molecular complexity index is 729. The normalized spacial score (nSPS) is 21.0. The predicted molar refractivity (Wildman–Crippen MR) is 105 cm³/mol. The summed E-state index contributed by atoms with van der Waals surface area (Å²) in [5.74, 6) is 1.08. The summed E-state index contributed by atoms with van der Waals surface area (Å²) < 4.78 is 16.1. The van der Waals surface area contributed by atoms with Gasteiger partial charge in [0.05, 0.1) is 25.3 Å². The Morgan fingerprint density at radius 3 is 2.61 bits per heavy atom. The van der Waals surface area contributed by atoms with Gasteiger partial charge in [0, 0.05) is 32.1 Å². The molecule has 2 saturated heterocycles. The quantitative estimate of drug-likeness (QED) is 0.775. The lowest BCUT2D eigenvalue weighted by atomic mass is 9.76. The summed E-state index contributed by atoms with van der Waals surface area (Å²) in [5.41, 5.74) is 0.101. The largest absolute Gasteiger partial charge is 0.497 e. The highest BCUT2D eigenvalue weighted by molar-refractivity contribution is 5.91. The molecule has 2 amide bonds. The molecule has 2 fully saturated rings. The topological polar surface area (TPSA) is 80.3 Å². The first kappa shape index (κ1) is 20.3. The van der Waals surface area contributed by atoms with E-state index in [1.165, 1.54) is 0 Å². The number of nitrogens with one attached hydrogen (secondary N) is 1. The van der Waals surface area contributed by atoms with E-state index < -0.39 is 5.41 Å². The maximum absolute atomic E-state index is 12.7. The molecule has 1 aromatic carbocycles. The summed E-state index contributed by atoms with van der Waals surface area (Å²) in [4.78, 5) is 29.0. The van der Waals surface area contributed by atoms with Crippen LogP contribution < -0.4 is 14.8 Å². The Morgan fingerprint density at radius 1 is 1.29 bits per heavy atom. The average molecular weight is 391 g/mol. The zero-order valence-corrected chi connectivity index (χ0v) is 17.0. The number of nitrogens with zero attached hydrogens (tertiary/aromatic N) is 2. The van der Waals surface area contributed by atoms with Crippen molar-refractivity contribution in [2.45, 2.75) is 25.4 Å². The van der Waals surface area contributed by atoms with E-state index in [0.29, 0.717) is 43.1 Å². The smallest absolute Gasteiger partial charge is 0.321 e. The van der Waals surface area contributed by atoms with Gasteiger partial charge in [0.1, 0.15) is 17.6 Å². The Kier molecular flexibility index (Phi) is 5.98. The van der Waals surface area contributed by atoms with Crippen molar-refractivity contribution in [3.8, 4) is 11.5 Å². The van der Waals surface area contributed by atoms with Crippen molar-refractivity contribution in [2.75, 3.05) is 53.3 Å². The van der Waals surface area contributed by atoms with Crippen LogP contribution in [0.2, 0.25) is 0 Å². The van der Waals surface area contributed by atoms with Crippen molar-refractivity contribution in [3.05, 3.63) is 18.2 Å². The number of anilines is 1. The minimum atomic E-state index is -0.453. The maximum atomic E-state index is 12.7. The molecule has 8 heteroatoms. The second kappa shape index (κ2) is 8.26. The number of ether oxygens (including phenoxy) is 3. The van der Waals surface area contributed by atoms with Crippen molar-refractivity contribution in [2.24, 2.45) is 5.41 Å². The molecule has 1 aromatic rings. The number of carbonyl (C=O) groups is 2. The highest BCUT2D eigenvalue weighted by atomic mass is 16.6. The minimum Gasteiger partial charge on any atom is -0.497 e. The number of rotatable bonds is 5. The number of amides is 2. The SMILES string of the molecule is COc1ccc(OC)c(NC(=O)N2CCC3(CC2)CC(CN(C)C)OC3=O)c1. The molecule has 1 unspecified atom stereocenters. The van der Waals surface area contributed by atoms with E-state index in [4.69, 9.17) is 14.2 Å². The number of methoxy groups -OCH3 is 2. The third kappa shape index (κ3) is 4.16. The van der Waals surface area contributed by atoms with Gasteiger partial charge < -0.3 is 29.3 Å². The zero-order valence-electron chi connectivity index (χ0n) is 17.0. The first-order valence-corrected chi connectivity index (χ1v) is 9.50. The van der Waals surface area contributed by atoms with Crippen molar-refractivity contribution in [3.63, 3.8) is 0 Å². The van der Waals surface area contributed by atoms with Crippen LogP contribution in [0.4, 0.5) is 10.5 Å². The lowest BCUT2D eigenvalue weighted by Gasteiger charge is -2.36. The van der Waals surface area contributed by atoms with Gasteiger partial charge in [-0.25, -0.2) is 4.79 Å². The average Bonchev–Trinajstić information content (AvgIpc) is 2.95. The fourth-order valence-electron chi connectivity index (χ4n) is 4.00. The first-order valence-electron chi connectivity index (χ1n) is 9.50. The molecule has 0 saturated carbocycles. The summed E-state index contributed by atoms with van der Waals surface area (Å²) >= 11 is 0. The number of hydrogen-bond acceptors (Lipinski definition) is 6. The van der Waals surface area contributed by atoms with Crippen molar-refractivity contribution in [1.29, 1.82) is 0 Å². The van der Waals surface area contributed by atoms with Gasteiger partial charge in [0.15, 0.2) is 0 Å². The van der Waals surface area contributed by atoms with Crippen LogP contribution in [0.25, 0.3) is 0 Å². The second-order valence-corrected chi connectivity index (χ2v) is 7.76. The van der Waals surface area contributed by atoms with E-state index in [2.05, 4.69) is 5.32 Å². The van der Waals surface area contributed by atoms with Crippen molar-refractivity contribution in [1.82, 2.24) is 9.80 Å². The maximum Gasteiger partial charge on any atom is 0.321 e. The molecule has 2 heterocycles. The molecule has 0 bridgehead atoms. The van der Waals surface area contributed by atoms with Crippen molar-refractivity contribution < 1.29 is 23.8 Å². The number of cyclic esters (lactones) is 1. The van der Waals surface area contributed by atoms with Crippen LogP contribution >= 0.6 is 0 Å². The molecule has 8 nitrogen and oxygen atoms in total. The summed E-state index contributed by atoms with van der Waals surface area (Å²) in [6.07, 6.45) is 1.91. The van der Waals surface area contributed by atoms with E-state index in [9.17, 15) is 9.59 Å². The first-order chi connectivity index (χ1) is 13.4. The van der Waals surface area contributed by atoms with Crippen LogP contribution in [-0.2, 0) is 9.53 Å². The van der Waals surface area contributed by atoms with Gasteiger partial charge in [-0.05, 0) is 39.1 Å². The van der Waals surface area contributed by atoms with Crippen LogP contribution in [0.5, 0.6) is 11.5 Å². The fraction of sp³-hybridized carbons (Fsp3) is 0.600. The van der Waals surface area contributed by atoms with Gasteiger partial charge in [-0.15, -0.1) is 0 Å². The highest BCUT2D eigenvalue weighted by Gasteiger charge is 2.50. The Labute approximate surface area is 165 Å². The summed E-state index contributed by atoms with van der Waals surface area (Å²) in [7, 11) is 7.07. The van der Waals surface area contributed by atoms with Gasteiger partial charge in [-0.1, -0.05) is 0 Å². The van der Waals surface area contributed by atoms with Gasteiger partial charge in [0.25, 0.3) is 0 Å². The predicted octanol–water partition coefficient (Wildman–Crippen LogP) is 2.20. The number of carbonyl (C=O) groups excluding carboxylic acids is 2. The van der Waals surface area contributed by atoms with E-state index >= 15 is 0 Å². The number of esters is 1. The molecule has 28 heavy (non-hydrogen) atoms. The van der Waals surface area contributed by atoms with Crippen molar-refractivity contribution >= 4 is 17.7 Å². The van der Waals surface area contributed by atoms with Crippen LogP contribution in [-0.4, -0.2) is 75.9 Å². The van der Waals surface area contributed by atoms with Gasteiger partial charge in [-0.3, -0.25) is 4.79 Å².